The van der Waals surface area contributed by atoms with Gasteiger partial charge >= 0.3 is 0 Å². The molecule has 3 nitrogen and oxygen atoms in total. The summed E-state index contributed by atoms with van der Waals surface area (Å²) in [5.41, 5.74) is 8.75. The first-order chi connectivity index (χ1) is 10.7. The Morgan fingerprint density at radius 2 is 2.09 bits per heavy atom. The van der Waals surface area contributed by atoms with Gasteiger partial charge in [0.15, 0.2) is 0 Å². The topological polar surface area (TPSA) is 38.5 Å². The van der Waals surface area contributed by atoms with Crippen LogP contribution in [0.2, 0.25) is 0 Å². The number of likely N-dealkylation sites (tertiary alicyclic amines) is 1. The van der Waals surface area contributed by atoms with Crippen LogP contribution in [0.3, 0.4) is 0 Å². The van der Waals surface area contributed by atoms with Crippen LogP contribution in [0.4, 0.5) is 0 Å². The molecule has 2 fully saturated rings. The minimum absolute atomic E-state index is 0.446. The zero-order valence-corrected chi connectivity index (χ0v) is 14.6. The lowest BCUT2D eigenvalue weighted by Gasteiger charge is -2.26. The normalized spacial score (nSPS) is 27.2. The fraction of sp³-hybridized carbons (Fsp3) is 0.667. The number of ether oxygens (including phenoxy) is 1. The summed E-state index contributed by atoms with van der Waals surface area (Å²) in [7, 11) is 3.99. The minimum atomic E-state index is 0.446. The first-order valence-electron chi connectivity index (χ1n) is 8.38. The van der Waals surface area contributed by atoms with E-state index in [4.69, 9.17) is 10.5 Å². The molecule has 0 aliphatic carbocycles. The molecule has 0 aromatic heterocycles. The summed E-state index contributed by atoms with van der Waals surface area (Å²) in [6.45, 7) is 1.87. The molecule has 0 radical (unpaired) electrons. The number of benzene rings is 1. The van der Waals surface area contributed by atoms with Crippen LogP contribution in [0.1, 0.15) is 42.3 Å². The molecule has 2 atom stereocenters. The third-order valence-electron chi connectivity index (χ3n) is 5.27. The molecule has 2 saturated heterocycles. The van der Waals surface area contributed by atoms with Crippen LogP contribution in [0, 0.1) is 5.92 Å². The number of nitrogens with two attached hydrogens (primary N) is 1. The fourth-order valence-corrected chi connectivity index (χ4v) is 5.04. The van der Waals surface area contributed by atoms with E-state index in [9.17, 15) is 0 Å². The first-order valence-corrected chi connectivity index (χ1v) is 9.54. The van der Waals surface area contributed by atoms with Crippen molar-refractivity contribution < 1.29 is 4.74 Å². The summed E-state index contributed by atoms with van der Waals surface area (Å²) >= 11 is 2.09. The van der Waals surface area contributed by atoms with Gasteiger partial charge in [0.1, 0.15) is 5.75 Å². The molecule has 2 aliphatic heterocycles. The van der Waals surface area contributed by atoms with E-state index in [0.29, 0.717) is 12.0 Å². The highest BCUT2D eigenvalue weighted by molar-refractivity contribution is 7.99. The summed E-state index contributed by atoms with van der Waals surface area (Å²) in [4.78, 5) is 2.44. The molecule has 0 bridgehead atoms. The van der Waals surface area contributed by atoms with Gasteiger partial charge in [-0.3, -0.25) is 4.90 Å². The van der Waals surface area contributed by atoms with Crippen molar-refractivity contribution in [3.05, 3.63) is 29.3 Å². The molecule has 2 unspecified atom stereocenters. The van der Waals surface area contributed by atoms with Crippen molar-refractivity contribution in [1.82, 2.24) is 4.90 Å². The molecule has 1 aromatic rings. The second-order valence-corrected chi connectivity index (χ2v) is 7.91. The lowest BCUT2D eigenvalue weighted by molar-refractivity contribution is 0.302. The number of nitrogens with zero attached hydrogens (tertiary/aromatic N) is 1. The van der Waals surface area contributed by atoms with E-state index in [1.165, 1.54) is 35.5 Å². The average molecular weight is 321 g/mol. The Labute approximate surface area is 138 Å². The quantitative estimate of drug-likeness (QED) is 0.924. The molecule has 2 aliphatic rings. The van der Waals surface area contributed by atoms with Crippen LogP contribution in [0.25, 0.3) is 0 Å². The van der Waals surface area contributed by atoms with Crippen molar-refractivity contribution in [3.63, 3.8) is 0 Å². The average Bonchev–Trinajstić information content (AvgIpc) is 2.96. The van der Waals surface area contributed by atoms with Crippen molar-refractivity contribution in [1.29, 1.82) is 0 Å². The monoisotopic (exact) mass is 320 g/mol. The Bertz CT molecular complexity index is 502. The molecule has 0 amide bonds. The Balaban J connectivity index is 1.87. The number of hydrogen-bond donors (Lipinski definition) is 1. The first kappa shape index (κ1) is 16.2. The van der Waals surface area contributed by atoms with Gasteiger partial charge in [-0.1, -0.05) is 12.1 Å². The highest BCUT2D eigenvalue weighted by Gasteiger charge is 2.32. The Morgan fingerprint density at radius 1 is 1.32 bits per heavy atom. The summed E-state index contributed by atoms with van der Waals surface area (Å²) in [5, 5.41) is 0. The molecule has 3 rings (SSSR count). The molecule has 2 N–H and O–H groups in total. The van der Waals surface area contributed by atoms with Crippen molar-refractivity contribution in [2.24, 2.45) is 11.7 Å². The van der Waals surface area contributed by atoms with Gasteiger partial charge in [-0.05, 0) is 67.8 Å². The lowest BCUT2D eigenvalue weighted by Crippen LogP contribution is -2.21. The smallest absolute Gasteiger partial charge is 0.123 e. The standard InChI is InChI=1S/C18H28N2OS/c1-20-12-13(11-19)9-17(20)16-10-15(3-4-18(16)21-2)14-5-7-22-8-6-14/h3-4,10,13-14,17H,5-9,11-12,19H2,1-2H3. The van der Waals surface area contributed by atoms with Gasteiger partial charge in [0.05, 0.1) is 7.11 Å². The maximum absolute atomic E-state index is 5.89. The molecule has 1 aromatic carbocycles. The van der Waals surface area contributed by atoms with E-state index >= 15 is 0 Å². The minimum Gasteiger partial charge on any atom is -0.496 e. The van der Waals surface area contributed by atoms with Gasteiger partial charge in [0, 0.05) is 18.2 Å². The van der Waals surface area contributed by atoms with Crippen molar-refractivity contribution in [3.8, 4) is 5.75 Å². The molecule has 122 valence electrons. The van der Waals surface area contributed by atoms with Gasteiger partial charge < -0.3 is 10.5 Å². The maximum atomic E-state index is 5.89. The van der Waals surface area contributed by atoms with Crippen LogP contribution in [0.15, 0.2) is 18.2 Å². The summed E-state index contributed by atoms with van der Waals surface area (Å²) < 4.78 is 5.66. The van der Waals surface area contributed by atoms with Crippen molar-refractivity contribution in [2.75, 3.05) is 38.8 Å². The van der Waals surface area contributed by atoms with Crippen LogP contribution in [-0.2, 0) is 0 Å². The van der Waals surface area contributed by atoms with Crippen molar-refractivity contribution >= 4 is 11.8 Å². The molecule has 0 saturated carbocycles. The van der Waals surface area contributed by atoms with E-state index in [2.05, 4.69) is 41.9 Å². The highest BCUT2D eigenvalue weighted by Crippen LogP contribution is 2.41. The zero-order valence-electron chi connectivity index (χ0n) is 13.8. The van der Waals surface area contributed by atoms with Gasteiger partial charge in [-0.25, -0.2) is 0 Å². The predicted molar refractivity (Wildman–Crippen MR) is 94.8 cm³/mol. The number of rotatable bonds is 4. The molecule has 4 heteroatoms. The zero-order chi connectivity index (χ0) is 15.5. The summed E-state index contributed by atoms with van der Waals surface area (Å²) in [6.07, 6.45) is 3.76. The van der Waals surface area contributed by atoms with Crippen molar-refractivity contribution in [2.45, 2.75) is 31.2 Å². The third-order valence-corrected chi connectivity index (χ3v) is 6.32. The second kappa shape index (κ2) is 7.24. The van der Waals surface area contributed by atoms with Crippen LogP contribution >= 0.6 is 11.8 Å². The fourth-order valence-electron chi connectivity index (χ4n) is 3.94. The van der Waals surface area contributed by atoms with E-state index in [1.807, 2.05) is 0 Å². The largest absolute Gasteiger partial charge is 0.496 e. The molecular formula is C18H28N2OS. The molecule has 22 heavy (non-hydrogen) atoms. The number of thioether (sulfide) groups is 1. The second-order valence-electron chi connectivity index (χ2n) is 6.68. The maximum Gasteiger partial charge on any atom is 0.123 e. The Hall–Kier alpha value is -0.710. The van der Waals surface area contributed by atoms with E-state index < -0.39 is 0 Å². The number of hydrogen-bond acceptors (Lipinski definition) is 4. The van der Waals surface area contributed by atoms with Crippen LogP contribution < -0.4 is 10.5 Å². The Morgan fingerprint density at radius 3 is 2.73 bits per heavy atom. The lowest BCUT2D eigenvalue weighted by atomic mass is 9.89. The van der Waals surface area contributed by atoms with E-state index in [1.54, 1.807) is 7.11 Å². The molecule has 0 spiro atoms. The van der Waals surface area contributed by atoms with Crippen LogP contribution in [-0.4, -0.2) is 43.7 Å². The van der Waals surface area contributed by atoms with Gasteiger partial charge in [0.25, 0.3) is 0 Å². The molecule has 2 heterocycles. The molecular weight excluding hydrogens is 292 g/mol. The van der Waals surface area contributed by atoms with Gasteiger partial charge in [-0.15, -0.1) is 0 Å². The van der Waals surface area contributed by atoms with Gasteiger partial charge in [-0.2, -0.15) is 11.8 Å². The van der Waals surface area contributed by atoms with Gasteiger partial charge in [0.2, 0.25) is 0 Å². The summed E-state index contributed by atoms with van der Waals surface area (Å²) in [5.74, 6) is 4.95. The Kier molecular flexibility index (Phi) is 5.32. The third kappa shape index (κ3) is 3.29. The SMILES string of the molecule is COc1ccc(C2CCSCC2)cc1C1CC(CN)CN1C. The highest BCUT2D eigenvalue weighted by atomic mass is 32.2. The van der Waals surface area contributed by atoms with Crippen LogP contribution in [0.5, 0.6) is 5.75 Å². The number of methoxy groups -OCH3 is 1. The predicted octanol–water partition coefficient (Wildman–Crippen LogP) is 3.26. The van der Waals surface area contributed by atoms with E-state index in [0.717, 1.165) is 31.2 Å². The van der Waals surface area contributed by atoms with E-state index in [-0.39, 0.29) is 0 Å². The summed E-state index contributed by atoms with van der Waals surface area (Å²) in [6, 6.07) is 7.31.